The topological polar surface area (TPSA) is 52.7 Å². The Morgan fingerprint density at radius 3 is 2.29 bits per heavy atom. The minimum atomic E-state index is -0.261. The van der Waals surface area contributed by atoms with Crippen LogP contribution < -0.4 is 5.32 Å². The number of hydrogen-bond acceptors (Lipinski definition) is 3. The first-order valence-corrected chi connectivity index (χ1v) is 10.0. The van der Waals surface area contributed by atoms with Gasteiger partial charge in [0.2, 0.25) is 5.91 Å². The van der Waals surface area contributed by atoms with Crippen molar-refractivity contribution in [3.63, 3.8) is 0 Å². The molecule has 0 aliphatic carbocycles. The van der Waals surface area contributed by atoms with Gasteiger partial charge in [-0.05, 0) is 43.2 Å². The predicted octanol–water partition coefficient (Wildman–Crippen LogP) is 3.69. The lowest BCUT2D eigenvalue weighted by Crippen LogP contribution is -2.54. The summed E-state index contributed by atoms with van der Waals surface area (Å²) in [5.74, 6) is -0.0894. The number of benzene rings is 2. The molecule has 1 saturated heterocycles. The van der Waals surface area contributed by atoms with Gasteiger partial charge in [-0.1, -0.05) is 42.8 Å². The summed E-state index contributed by atoms with van der Waals surface area (Å²) in [5.41, 5.74) is 2.57. The molecule has 1 aliphatic heterocycles. The van der Waals surface area contributed by atoms with Crippen LogP contribution in [0, 0.1) is 0 Å². The lowest BCUT2D eigenvalue weighted by molar-refractivity contribution is -0.121. The molecule has 0 spiro atoms. The van der Waals surface area contributed by atoms with Gasteiger partial charge in [0, 0.05) is 31.9 Å². The van der Waals surface area contributed by atoms with Crippen LogP contribution in [0.2, 0.25) is 5.02 Å². The van der Waals surface area contributed by atoms with E-state index in [0.29, 0.717) is 36.8 Å². The van der Waals surface area contributed by atoms with E-state index >= 15 is 0 Å². The molecule has 0 bridgehead atoms. The summed E-state index contributed by atoms with van der Waals surface area (Å²) in [6, 6.07) is 14.8. The van der Waals surface area contributed by atoms with Crippen molar-refractivity contribution in [3.05, 3.63) is 64.7 Å². The van der Waals surface area contributed by atoms with Crippen molar-refractivity contribution in [2.24, 2.45) is 0 Å². The van der Waals surface area contributed by atoms with Crippen molar-refractivity contribution >= 4 is 29.1 Å². The van der Waals surface area contributed by atoms with Crippen molar-refractivity contribution in [2.45, 2.75) is 26.3 Å². The maximum absolute atomic E-state index is 12.7. The lowest BCUT2D eigenvalue weighted by Gasteiger charge is -2.37. The summed E-state index contributed by atoms with van der Waals surface area (Å²) >= 11 is 6.14. The average molecular weight is 400 g/mol. The number of carbonyl (C=O) groups excluding carboxylic acids is 2. The van der Waals surface area contributed by atoms with Crippen LogP contribution >= 0.6 is 11.6 Å². The smallest absolute Gasteiger partial charge is 0.255 e. The Bertz CT molecular complexity index is 830. The molecule has 1 fully saturated rings. The molecule has 0 aromatic heterocycles. The van der Waals surface area contributed by atoms with E-state index in [2.05, 4.69) is 17.1 Å². The van der Waals surface area contributed by atoms with Crippen LogP contribution in [0.25, 0.3) is 0 Å². The third-order valence-electron chi connectivity index (χ3n) is 5.26. The Labute approximate surface area is 171 Å². The van der Waals surface area contributed by atoms with Gasteiger partial charge in [-0.2, -0.15) is 0 Å². The summed E-state index contributed by atoms with van der Waals surface area (Å²) in [6.45, 7) is 6.46. The molecule has 6 heteroatoms. The molecule has 1 N–H and O–H groups in total. The Kier molecular flexibility index (Phi) is 6.70. The van der Waals surface area contributed by atoms with Gasteiger partial charge in [-0.3, -0.25) is 14.5 Å². The molecule has 148 valence electrons. The van der Waals surface area contributed by atoms with Crippen molar-refractivity contribution in [3.8, 4) is 0 Å². The maximum Gasteiger partial charge on any atom is 0.255 e. The molecule has 0 saturated carbocycles. The fourth-order valence-electron chi connectivity index (χ4n) is 3.35. The molecule has 2 aromatic carbocycles. The number of rotatable bonds is 5. The van der Waals surface area contributed by atoms with Crippen molar-refractivity contribution in [2.75, 3.05) is 31.5 Å². The molecule has 5 nitrogen and oxygen atoms in total. The Balaban J connectivity index is 1.54. The van der Waals surface area contributed by atoms with E-state index in [4.69, 9.17) is 11.6 Å². The molecule has 2 amide bonds. The van der Waals surface area contributed by atoms with E-state index in [1.54, 1.807) is 17.0 Å². The van der Waals surface area contributed by atoms with Gasteiger partial charge >= 0.3 is 0 Å². The summed E-state index contributed by atoms with van der Waals surface area (Å²) in [4.78, 5) is 29.2. The molecule has 28 heavy (non-hydrogen) atoms. The van der Waals surface area contributed by atoms with Gasteiger partial charge in [0.15, 0.2) is 0 Å². The van der Waals surface area contributed by atoms with Crippen molar-refractivity contribution in [1.29, 1.82) is 0 Å². The molecule has 1 aliphatic rings. The minimum Gasteiger partial charge on any atom is -0.336 e. The number of piperazine rings is 1. The van der Waals surface area contributed by atoms with Gasteiger partial charge in [-0.25, -0.2) is 0 Å². The molecule has 1 heterocycles. The monoisotopic (exact) mass is 399 g/mol. The van der Waals surface area contributed by atoms with Gasteiger partial charge < -0.3 is 10.2 Å². The van der Waals surface area contributed by atoms with Crippen LogP contribution in [0.15, 0.2) is 48.5 Å². The quantitative estimate of drug-likeness (QED) is 0.834. The molecular formula is C22H26ClN3O2. The molecular weight excluding hydrogens is 374 g/mol. The second-order valence-corrected chi connectivity index (χ2v) is 7.43. The van der Waals surface area contributed by atoms with Crippen LogP contribution in [0.4, 0.5) is 5.69 Å². The van der Waals surface area contributed by atoms with Crippen molar-refractivity contribution in [1.82, 2.24) is 9.80 Å². The maximum atomic E-state index is 12.7. The average Bonchev–Trinajstić information content (AvgIpc) is 2.73. The predicted molar refractivity (Wildman–Crippen MR) is 113 cm³/mol. The Hall–Kier alpha value is -2.37. The van der Waals surface area contributed by atoms with Crippen LogP contribution in [0.3, 0.4) is 0 Å². The van der Waals surface area contributed by atoms with E-state index < -0.39 is 0 Å². The molecule has 2 aromatic rings. The highest BCUT2D eigenvalue weighted by atomic mass is 35.5. The molecule has 0 unspecified atom stereocenters. The number of nitrogens with one attached hydrogen (secondary N) is 1. The number of hydrogen-bond donors (Lipinski definition) is 1. The molecule has 1 atom stereocenters. The first-order valence-electron chi connectivity index (χ1n) is 9.67. The second kappa shape index (κ2) is 9.22. The van der Waals surface area contributed by atoms with Crippen molar-refractivity contribution < 1.29 is 9.59 Å². The number of anilines is 1. The minimum absolute atomic E-state index is 0.0323. The SMILES string of the molecule is CCc1ccc(NC(=O)[C@H](C)N2CCN(C(=O)c3ccccc3Cl)CC2)cc1. The lowest BCUT2D eigenvalue weighted by atomic mass is 10.1. The second-order valence-electron chi connectivity index (χ2n) is 7.02. The Morgan fingerprint density at radius 1 is 1.04 bits per heavy atom. The normalized spacial score (nSPS) is 15.9. The number of halogens is 1. The molecule has 0 radical (unpaired) electrons. The fraction of sp³-hybridized carbons (Fsp3) is 0.364. The van der Waals surface area contributed by atoms with E-state index in [9.17, 15) is 9.59 Å². The number of nitrogens with zero attached hydrogens (tertiary/aromatic N) is 2. The number of amides is 2. The van der Waals surface area contributed by atoms with E-state index in [1.165, 1.54) is 5.56 Å². The zero-order valence-corrected chi connectivity index (χ0v) is 17.1. The highest BCUT2D eigenvalue weighted by Gasteiger charge is 2.28. The third kappa shape index (κ3) is 4.72. The van der Waals surface area contributed by atoms with E-state index in [0.717, 1.165) is 12.1 Å². The first-order chi connectivity index (χ1) is 13.5. The summed E-state index contributed by atoms with van der Waals surface area (Å²) < 4.78 is 0. The van der Waals surface area contributed by atoms with Crippen LogP contribution in [0.1, 0.15) is 29.8 Å². The fourth-order valence-corrected chi connectivity index (χ4v) is 3.57. The van der Waals surface area contributed by atoms with Crippen LogP contribution in [-0.2, 0) is 11.2 Å². The van der Waals surface area contributed by atoms with Gasteiger partial charge in [0.1, 0.15) is 0 Å². The number of carbonyl (C=O) groups is 2. The van der Waals surface area contributed by atoms with Crippen LogP contribution in [0.5, 0.6) is 0 Å². The largest absolute Gasteiger partial charge is 0.336 e. The summed E-state index contributed by atoms with van der Waals surface area (Å²) in [6.07, 6.45) is 0.974. The van der Waals surface area contributed by atoms with Gasteiger partial charge in [-0.15, -0.1) is 0 Å². The summed E-state index contributed by atoms with van der Waals surface area (Å²) in [7, 11) is 0. The Morgan fingerprint density at radius 2 is 1.68 bits per heavy atom. The highest BCUT2D eigenvalue weighted by molar-refractivity contribution is 6.33. The summed E-state index contributed by atoms with van der Waals surface area (Å²) in [5, 5.41) is 3.45. The standard InChI is InChI=1S/C22H26ClN3O2/c1-3-17-8-10-18(11-9-17)24-21(27)16(2)25-12-14-26(15-13-25)22(28)19-6-4-5-7-20(19)23/h4-11,16H,3,12-15H2,1-2H3,(H,24,27)/t16-/m0/s1. The van der Waals surface area contributed by atoms with Gasteiger partial charge in [0.05, 0.1) is 16.6 Å². The van der Waals surface area contributed by atoms with Crippen LogP contribution in [-0.4, -0.2) is 53.8 Å². The zero-order chi connectivity index (χ0) is 20.1. The van der Waals surface area contributed by atoms with E-state index in [1.807, 2.05) is 43.3 Å². The highest BCUT2D eigenvalue weighted by Crippen LogP contribution is 2.19. The van der Waals surface area contributed by atoms with E-state index in [-0.39, 0.29) is 17.9 Å². The number of aryl methyl sites for hydroxylation is 1. The zero-order valence-electron chi connectivity index (χ0n) is 16.3. The third-order valence-corrected chi connectivity index (χ3v) is 5.59. The first kappa shape index (κ1) is 20.4. The van der Waals surface area contributed by atoms with Gasteiger partial charge in [0.25, 0.3) is 5.91 Å². The molecule has 3 rings (SSSR count).